The number of aryl methyl sites for hydroxylation is 2. The van der Waals surface area contributed by atoms with Crippen molar-refractivity contribution in [3.8, 4) is 0 Å². The number of hydrogen-bond acceptors (Lipinski definition) is 2. The van der Waals surface area contributed by atoms with E-state index >= 15 is 0 Å². The highest BCUT2D eigenvalue weighted by molar-refractivity contribution is 5.76. The van der Waals surface area contributed by atoms with Crippen molar-refractivity contribution in [1.29, 1.82) is 0 Å². The predicted octanol–water partition coefficient (Wildman–Crippen LogP) is 3.45. The minimum Gasteiger partial charge on any atom is -0.469 e. The highest BCUT2D eigenvalue weighted by Gasteiger charge is 2.20. The highest BCUT2D eigenvalue weighted by Crippen LogP contribution is 2.30. The molecule has 1 amide bonds. The maximum atomic E-state index is 11.9. The van der Waals surface area contributed by atoms with Gasteiger partial charge in [-0.25, -0.2) is 0 Å². The fourth-order valence-corrected chi connectivity index (χ4v) is 3.08. The Balaban J connectivity index is 1.50. The summed E-state index contributed by atoms with van der Waals surface area (Å²) in [6.45, 7) is 0.744. The summed E-state index contributed by atoms with van der Waals surface area (Å²) in [5, 5.41) is 3.08. The molecule has 0 radical (unpaired) electrons. The van der Waals surface area contributed by atoms with Crippen LogP contribution in [0.3, 0.4) is 0 Å². The molecule has 0 aliphatic heterocycles. The summed E-state index contributed by atoms with van der Waals surface area (Å²) in [6.07, 6.45) is 6.34. The molecule has 3 rings (SSSR count). The summed E-state index contributed by atoms with van der Waals surface area (Å²) in [6, 6.07) is 12.4. The molecule has 0 saturated carbocycles. The van der Waals surface area contributed by atoms with Gasteiger partial charge in [0, 0.05) is 25.3 Å². The van der Waals surface area contributed by atoms with Crippen LogP contribution in [0.2, 0.25) is 0 Å². The van der Waals surface area contributed by atoms with Crippen molar-refractivity contribution in [2.75, 3.05) is 6.54 Å². The summed E-state index contributed by atoms with van der Waals surface area (Å²) in [7, 11) is 0. The fraction of sp³-hybridized carbons (Fsp3) is 0.389. The number of amides is 1. The smallest absolute Gasteiger partial charge is 0.220 e. The minimum atomic E-state index is 0.106. The lowest BCUT2D eigenvalue weighted by Gasteiger charge is -2.25. The molecule has 2 aromatic rings. The molecule has 0 saturated heterocycles. The van der Waals surface area contributed by atoms with Gasteiger partial charge in [0.15, 0.2) is 0 Å². The van der Waals surface area contributed by atoms with Crippen molar-refractivity contribution in [3.63, 3.8) is 0 Å². The van der Waals surface area contributed by atoms with Gasteiger partial charge in [-0.2, -0.15) is 0 Å². The Labute approximate surface area is 125 Å². The number of nitrogens with one attached hydrogen (secondary N) is 1. The first-order valence-corrected chi connectivity index (χ1v) is 7.70. The number of carbonyl (C=O) groups is 1. The van der Waals surface area contributed by atoms with Crippen molar-refractivity contribution in [1.82, 2.24) is 5.32 Å². The summed E-state index contributed by atoms with van der Waals surface area (Å²) in [5.74, 6) is 1.44. The zero-order valence-electron chi connectivity index (χ0n) is 12.2. The lowest BCUT2D eigenvalue weighted by Crippen LogP contribution is -2.30. The molecule has 0 fully saturated rings. The van der Waals surface area contributed by atoms with E-state index < -0.39 is 0 Å². The SMILES string of the molecule is O=C(CCc1ccco1)NCC1CCCc2ccccc21. The van der Waals surface area contributed by atoms with Crippen molar-refractivity contribution in [3.05, 3.63) is 59.5 Å². The van der Waals surface area contributed by atoms with E-state index in [1.165, 1.54) is 24.0 Å². The van der Waals surface area contributed by atoms with Crippen LogP contribution in [0.1, 0.15) is 42.1 Å². The Morgan fingerprint density at radius 3 is 3.00 bits per heavy atom. The fourth-order valence-electron chi connectivity index (χ4n) is 3.08. The van der Waals surface area contributed by atoms with Crippen LogP contribution in [0.15, 0.2) is 47.1 Å². The van der Waals surface area contributed by atoms with Crippen molar-refractivity contribution in [2.24, 2.45) is 0 Å². The molecule has 0 bridgehead atoms. The van der Waals surface area contributed by atoms with Crippen molar-refractivity contribution >= 4 is 5.91 Å². The first-order valence-electron chi connectivity index (χ1n) is 7.70. The number of rotatable bonds is 5. The standard InChI is InChI=1S/C18H21NO2/c20-18(11-10-16-8-4-12-21-16)19-13-15-7-3-6-14-5-1-2-9-17(14)15/h1-2,4-5,8-9,12,15H,3,6-7,10-11,13H2,(H,19,20). The zero-order valence-corrected chi connectivity index (χ0v) is 12.2. The molecule has 1 heterocycles. The summed E-state index contributed by atoms with van der Waals surface area (Å²) < 4.78 is 5.24. The Bertz CT molecular complexity index is 589. The average molecular weight is 283 g/mol. The Morgan fingerprint density at radius 1 is 1.24 bits per heavy atom. The molecular formula is C18H21NO2. The van der Waals surface area contributed by atoms with E-state index in [1.807, 2.05) is 12.1 Å². The Morgan fingerprint density at radius 2 is 2.14 bits per heavy atom. The van der Waals surface area contributed by atoms with Gasteiger partial charge in [-0.3, -0.25) is 4.79 Å². The molecule has 1 aliphatic rings. The third kappa shape index (κ3) is 3.54. The molecule has 21 heavy (non-hydrogen) atoms. The lowest BCUT2D eigenvalue weighted by molar-refractivity contribution is -0.121. The largest absolute Gasteiger partial charge is 0.469 e. The van der Waals surface area contributed by atoms with Crippen LogP contribution >= 0.6 is 0 Å². The molecule has 1 aromatic heterocycles. The molecule has 0 spiro atoms. The normalized spacial score (nSPS) is 17.2. The van der Waals surface area contributed by atoms with Gasteiger partial charge in [-0.15, -0.1) is 0 Å². The number of furan rings is 1. The van der Waals surface area contributed by atoms with E-state index in [2.05, 4.69) is 29.6 Å². The second-order valence-corrected chi connectivity index (χ2v) is 5.67. The third-order valence-corrected chi connectivity index (χ3v) is 4.22. The van der Waals surface area contributed by atoms with Crippen LogP contribution in [0, 0.1) is 0 Å². The number of carbonyl (C=O) groups excluding carboxylic acids is 1. The monoisotopic (exact) mass is 283 g/mol. The lowest BCUT2D eigenvalue weighted by atomic mass is 9.83. The maximum absolute atomic E-state index is 11.9. The summed E-state index contributed by atoms with van der Waals surface area (Å²) >= 11 is 0. The third-order valence-electron chi connectivity index (χ3n) is 4.22. The van der Waals surface area contributed by atoms with Gasteiger partial charge in [0.05, 0.1) is 6.26 Å². The summed E-state index contributed by atoms with van der Waals surface area (Å²) in [5.41, 5.74) is 2.86. The Hall–Kier alpha value is -2.03. The molecule has 1 aliphatic carbocycles. The van der Waals surface area contributed by atoms with Gasteiger partial charge < -0.3 is 9.73 Å². The van der Waals surface area contributed by atoms with Crippen LogP contribution in [0.5, 0.6) is 0 Å². The van der Waals surface area contributed by atoms with E-state index in [0.717, 1.165) is 18.7 Å². The van der Waals surface area contributed by atoms with Crippen LogP contribution in [-0.2, 0) is 17.6 Å². The number of hydrogen-bond donors (Lipinski definition) is 1. The molecule has 1 aromatic carbocycles. The first-order chi connectivity index (χ1) is 10.3. The zero-order chi connectivity index (χ0) is 14.5. The van der Waals surface area contributed by atoms with Crippen molar-refractivity contribution < 1.29 is 9.21 Å². The van der Waals surface area contributed by atoms with Gasteiger partial charge in [0.1, 0.15) is 5.76 Å². The van der Waals surface area contributed by atoms with Gasteiger partial charge in [0.2, 0.25) is 5.91 Å². The van der Waals surface area contributed by atoms with Crippen LogP contribution in [-0.4, -0.2) is 12.5 Å². The number of benzene rings is 1. The summed E-state index contributed by atoms with van der Waals surface area (Å²) in [4.78, 5) is 11.9. The van der Waals surface area contributed by atoms with Crippen LogP contribution in [0.25, 0.3) is 0 Å². The van der Waals surface area contributed by atoms with Gasteiger partial charge in [-0.05, 0) is 42.5 Å². The molecule has 1 unspecified atom stereocenters. The topological polar surface area (TPSA) is 42.2 Å². The molecule has 3 heteroatoms. The van der Waals surface area contributed by atoms with Crippen molar-refractivity contribution in [2.45, 2.75) is 38.0 Å². The van der Waals surface area contributed by atoms with Gasteiger partial charge in [-0.1, -0.05) is 24.3 Å². The molecular weight excluding hydrogens is 262 g/mol. The maximum Gasteiger partial charge on any atom is 0.220 e. The van der Waals surface area contributed by atoms with Crippen LogP contribution in [0.4, 0.5) is 0 Å². The molecule has 110 valence electrons. The molecule has 1 N–H and O–H groups in total. The van der Waals surface area contributed by atoms with E-state index in [0.29, 0.717) is 18.8 Å². The van der Waals surface area contributed by atoms with E-state index in [4.69, 9.17) is 4.42 Å². The van der Waals surface area contributed by atoms with Gasteiger partial charge in [0.25, 0.3) is 0 Å². The molecule has 3 nitrogen and oxygen atoms in total. The second kappa shape index (κ2) is 6.61. The van der Waals surface area contributed by atoms with Gasteiger partial charge >= 0.3 is 0 Å². The predicted molar refractivity (Wildman–Crippen MR) is 82.2 cm³/mol. The second-order valence-electron chi connectivity index (χ2n) is 5.67. The highest BCUT2D eigenvalue weighted by atomic mass is 16.3. The van der Waals surface area contributed by atoms with E-state index in [1.54, 1.807) is 6.26 Å². The minimum absolute atomic E-state index is 0.106. The first kappa shape index (κ1) is 13.9. The molecule has 1 atom stereocenters. The van der Waals surface area contributed by atoms with E-state index in [-0.39, 0.29) is 5.91 Å². The Kier molecular flexibility index (Phi) is 4.39. The quantitative estimate of drug-likeness (QED) is 0.913. The number of fused-ring (bicyclic) bond motifs is 1. The van der Waals surface area contributed by atoms with E-state index in [9.17, 15) is 4.79 Å². The average Bonchev–Trinajstić information content (AvgIpc) is 3.04. The van der Waals surface area contributed by atoms with Crippen LogP contribution < -0.4 is 5.32 Å².